The van der Waals surface area contributed by atoms with Crippen molar-refractivity contribution in [3.8, 4) is 0 Å². The van der Waals surface area contributed by atoms with Crippen LogP contribution in [0.2, 0.25) is 0 Å². The van der Waals surface area contributed by atoms with Crippen molar-refractivity contribution >= 4 is 41.3 Å². The molecule has 1 fully saturated rings. The molecule has 6 heteroatoms. The fourth-order valence-electron chi connectivity index (χ4n) is 1.64. The molecule has 18 heavy (non-hydrogen) atoms. The predicted octanol–water partition coefficient (Wildman–Crippen LogP) is 2.53. The van der Waals surface area contributed by atoms with Gasteiger partial charge in [0.05, 0.1) is 6.54 Å². The van der Waals surface area contributed by atoms with Crippen LogP contribution in [0.5, 0.6) is 0 Å². The molecular formula is C12H21IN4S. The molecule has 0 bridgehead atoms. The van der Waals surface area contributed by atoms with Crippen molar-refractivity contribution in [2.75, 3.05) is 6.54 Å². The molecule has 0 saturated heterocycles. The van der Waals surface area contributed by atoms with Gasteiger partial charge in [-0.05, 0) is 26.2 Å². The zero-order chi connectivity index (χ0) is 12.3. The van der Waals surface area contributed by atoms with Gasteiger partial charge < -0.3 is 10.6 Å². The Hall–Kier alpha value is -0.370. The minimum atomic E-state index is 0. The summed E-state index contributed by atoms with van der Waals surface area (Å²) in [5, 5.41) is 7.77. The second-order valence-electron chi connectivity index (χ2n) is 4.52. The van der Waals surface area contributed by atoms with Crippen LogP contribution in [0.1, 0.15) is 30.2 Å². The van der Waals surface area contributed by atoms with Gasteiger partial charge in [-0.2, -0.15) is 0 Å². The third-order valence-electron chi connectivity index (χ3n) is 2.82. The Balaban J connectivity index is 0.00000162. The highest BCUT2D eigenvalue weighted by atomic mass is 127. The van der Waals surface area contributed by atoms with E-state index in [2.05, 4.69) is 41.4 Å². The summed E-state index contributed by atoms with van der Waals surface area (Å²) in [6.07, 6.45) is 3.15. The number of halogens is 1. The van der Waals surface area contributed by atoms with Crippen molar-refractivity contribution in [2.45, 2.75) is 39.8 Å². The molecule has 4 nitrogen and oxygen atoms in total. The molecule has 2 N–H and O–H groups in total. The number of nitrogens with one attached hydrogen (secondary N) is 2. The minimum absolute atomic E-state index is 0. The van der Waals surface area contributed by atoms with Crippen LogP contribution in [-0.4, -0.2) is 23.5 Å². The van der Waals surface area contributed by atoms with Crippen LogP contribution in [0.15, 0.2) is 11.2 Å². The molecule has 0 aromatic carbocycles. The third-order valence-corrected chi connectivity index (χ3v) is 3.71. The standard InChI is InChI=1S/C12H20N4S.HI/c1-4-13-12(16-10-5-8(10)2)15-7-11-14-6-9(3)17-11;/h6,8,10H,4-5,7H2,1-3H3,(H2,13,15,16);1H. The quantitative estimate of drug-likeness (QED) is 0.480. The Kier molecular flexibility index (Phi) is 6.34. The van der Waals surface area contributed by atoms with Crippen molar-refractivity contribution < 1.29 is 0 Å². The lowest BCUT2D eigenvalue weighted by molar-refractivity contribution is 0.766. The predicted molar refractivity (Wildman–Crippen MR) is 87.8 cm³/mol. The maximum Gasteiger partial charge on any atom is 0.191 e. The van der Waals surface area contributed by atoms with Crippen molar-refractivity contribution in [3.63, 3.8) is 0 Å². The lowest BCUT2D eigenvalue weighted by Gasteiger charge is -2.09. The molecule has 1 aliphatic carbocycles. The van der Waals surface area contributed by atoms with Crippen LogP contribution < -0.4 is 10.6 Å². The van der Waals surface area contributed by atoms with E-state index < -0.39 is 0 Å². The van der Waals surface area contributed by atoms with E-state index in [1.165, 1.54) is 11.3 Å². The highest BCUT2D eigenvalue weighted by Gasteiger charge is 2.33. The van der Waals surface area contributed by atoms with Crippen LogP contribution in [0.3, 0.4) is 0 Å². The molecule has 2 atom stereocenters. The monoisotopic (exact) mass is 380 g/mol. The Bertz CT molecular complexity index is 405. The van der Waals surface area contributed by atoms with E-state index >= 15 is 0 Å². The van der Waals surface area contributed by atoms with E-state index in [0.717, 1.165) is 23.4 Å². The first-order valence-electron chi connectivity index (χ1n) is 6.15. The van der Waals surface area contributed by atoms with Crippen LogP contribution in [0.25, 0.3) is 0 Å². The third kappa shape index (κ3) is 4.72. The van der Waals surface area contributed by atoms with Gasteiger partial charge in [-0.15, -0.1) is 35.3 Å². The molecule has 1 aromatic heterocycles. The second kappa shape index (κ2) is 7.28. The average Bonchev–Trinajstić information content (AvgIpc) is 2.81. The molecule has 0 aliphatic heterocycles. The molecular weight excluding hydrogens is 359 g/mol. The van der Waals surface area contributed by atoms with Gasteiger partial charge in [-0.25, -0.2) is 9.98 Å². The summed E-state index contributed by atoms with van der Waals surface area (Å²) in [7, 11) is 0. The second-order valence-corrected chi connectivity index (χ2v) is 5.84. The van der Waals surface area contributed by atoms with Gasteiger partial charge in [-0.1, -0.05) is 6.92 Å². The largest absolute Gasteiger partial charge is 0.357 e. The molecule has 2 rings (SSSR count). The van der Waals surface area contributed by atoms with Crippen LogP contribution in [-0.2, 0) is 6.54 Å². The molecule has 1 saturated carbocycles. The molecule has 102 valence electrons. The van der Waals surface area contributed by atoms with Crippen molar-refractivity contribution in [2.24, 2.45) is 10.9 Å². The van der Waals surface area contributed by atoms with E-state index in [4.69, 9.17) is 0 Å². The molecule has 0 amide bonds. The molecule has 1 aliphatic rings. The number of nitrogens with zero attached hydrogens (tertiary/aromatic N) is 2. The minimum Gasteiger partial charge on any atom is -0.357 e. The Morgan fingerprint density at radius 3 is 2.83 bits per heavy atom. The molecule has 0 spiro atoms. The highest BCUT2D eigenvalue weighted by Crippen LogP contribution is 2.28. The maximum absolute atomic E-state index is 4.55. The summed E-state index contributed by atoms with van der Waals surface area (Å²) in [4.78, 5) is 10.1. The number of hydrogen-bond acceptors (Lipinski definition) is 3. The smallest absolute Gasteiger partial charge is 0.191 e. The first kappa shape index (κ1) is 15.7. The summed E-state index contributed by atoms with van der Waals surface area (Å²) in [6, 6.07) is 0.603. The number of thiazole rings is 1. The SMILES string of the molecule is CCNC(=NCc1ncc(C)s1)NC1CC1C.I. The number of hydrogen-bond donors (Lipinski definition) is 2. The van der Waals surface area contributed by atoms with E-state index in [9.17, 15) is 0 Å². The Morgan fingerprint density at radius 1 is 1.61 bits per heavy atom. The average molecular weight is 380 g/mol. The van der Waals surface area contributed by atoms with Crippen LogP contribution in [0, 0.1) is 12.8 Å². The van der Waals surface area contributed by atoms with Gasteiger partial charge in [-0.3, -0.25) is 0 Å². The van der Waals surface area contributed by atoms with E-state index in [1.54, 1.807) is 11.3 Å². The summed E-state index contributed by atoms with van der Waals surface area (Å²) >= 11 is 1.71. The number of aliphatic imine (C=N–C) groups is 1. The first-order valence-corrected chi connectivity index (χ1v) is 6.97. The summed E-state index contributed by atoms with van der Waals surface area (Å²) in [5.41, 5.74) is 0. The summed E-state index contributed by atoms with van der Waals surface area (Å²) in [6.45, 7) is 7.96. The van der Waals surface area contributed by atoms with Crippen LogP contribution >= 0.6 is 35.3 Å². The van der Waals surface area contributed by atoms with Gasteiger partial charge in [0.15, 0.2) is 5.96 Å². The first-order chi connectivity index (χ1) is 8.19. The summed E-state index contributed by atoms with van der Waals surface area (Å²) < 4.78 is 0. The van der Waals surface area contributed by atoms with Gasteiger partial charge in [0.1, 0.15) is 5.01 Å². The zero-order valence-corrected chi connectivity index (χ0v) is 14.2. The van der Waals surface area contributed by atoms with Crippen LogP contribution in [0.4, 0.5) is 0 Å². The number of aromatic nitrogens is 1. The topological polar surface area (TPSA) is 49.3 Å². The zero-order valence-electron chi connectivity index (χ0n) is 11.1. The molecule has 0 radical (unpaired) electrons. The van der Waals surface area contributed by atoms with Gasteiger partial charge in [0, 0.05) is 23.7 Å². The molecule has 2 unspecified atom stereocenters. The fraction of sp³-hybridized carbons (Fsp3) is 0.667. The lowest BCUT2D eigenvalue weighted by Crippen LogP contribution is -2.39. The Morgan fingerprint density at radius 2 is 2.33 bits per heavy atom. The van der Waals surface area contributed by atoms with E-state index in [1.807, 2.05) is 6.20 Å². The lowest BCUT2D eigenvalue weighted by atomic mass is 10.5. The highest BCUT2D eigenvalue weighted by molar-refractivity contribution is 14.0. The summed E-state index contributed by atoms with van der Waals surface area (Å²) in [5.74, 6) is 1.69. The normalized spacial score (nSPS) is 22.3. The van der Waals surface area contributed by atoms with Gasteiger partial charge >= 0.3 is 0 Å². The number of aryl methyl sites for hydroxylation is 1. The van der Waals surface area contributed by atoms with E-state index in [0.29, 0.717) is 12.6 Å². The Labute approximate surface area is 130 Å². The number of guanidine groups is 1. The van der Waals surface area contributed by atoms with E-state index in [-0.39, 0.29) is 24.0 Å². The molecule has 1 aromatic rings. The number of rotatable bonds is 4. The van der Waals surface area contributed by atoms with Crippen molar-refractivity contribution in [1.29, 1.82) is 0 Å². The van der Waals surface area contributed by atoms with Gasteiger partial charge in [0.2, 0.25) is 0 Å². The maximum atomic E-state index is 4.55. The molecule has 1 heterocycles. The van der Waals surface area contributed by atoms with Crippen molar-refractivity contribution in [1.82, 2.24) is 15.6 Å². The van der Waals surface area contributed by atoms with Gasteiger partial charge in [0.25, 0.3) is 0 Å². The van der Waals surface area contributed by atoms with Crippen molar-refractivity contribution in [3.05, 3.63) is 16.1 Å². The fourth-order valence-corrected chi connectivity index (χ4v) is 2.35.